The molecule has 0 aliphatic heterocycles. The van der Waals surface area contributed by atoms with Gasteiger partial charge in [-0.15, -0.1) is 0 Å². The molecule has 0 atom stereocenters. The number of para-hydroxylation sites is 1. The van der Waals surface area contributed by atoms with Crippen molar-refractivity contribution in [2.75, 3.05) is 6.61 Å². The molecule has 0 saturated carbocycles. The highest BCUT2D eigenvalue weighted by molar-refractivity contribution is 5.89. The zero-order chi connectivity index (χ0) is 14.5. The Morgan fingerprint density at radius 2 is 1.90 bits per heavy atom. The third-order valence-corrected chi connectivity index (χ3v) is 2.91. The van der Waals surface area contributed by atoms with Gasteiger partial charge in [0.15, 0.2) is 6.29 Å². The number of phenolic OH excluding ortho intramolecular Hbond substituents is 1. The maximum absolute atomic E-state index is 11.2. The fourth-order valence-corrected chi connectivity index (χ4v) is 1.96. The second-order valence-electron chi connectivity index (χ2n) is 5.09. The van der Waals surface area contributed by atoms with E-state index < -0.39 is 0 Å². The van der Waals surface area contributed by atoms with Gasteiger partial charge in [-0.3, -0.25) is 4.79 Å². The smallest absolute Gasteiger partial charge is 0.150 e. The molecule has 0 amide bonds. The van der Waals surface area contributed by atoms with E-state index in [0.29, 0.717) is 18.1 Å². The molecule has 3 nitrogen and oxygen atoms in total. The molecule has 0 aliphatic rings. The topological polar surface area (TPSA) is 46.5 Å². The summed E-state index contributed by atoms with van der Waals surface area (Å²) in [4.78, 5) is 11.2. The monoisotopic (exact) mass is 270 g/mol. The molecule has 2 aromatic carbocycles. The lowest BCUT2D eigenvalue weighted by Crippen LogP contribution is -2.05. The quantitative estimate of drug-likeness (QED) is 0.838. The highest BCUT2D eigenvalue weighted by atomic mass is 16.5. The van der Waals surface area contributed by atoms with Gasteiger partial charge in [0, 0.05) is 11.1 Å². The van der Waals surface area contributed by atoms with E-state index in [-0.39, 0.29) is 5.75 Å². The Hall–Kier alpha value is -2.29. The average molecular weight is 270 g/mol. The number of hydrogen-bond donors (Lipinski definition) is 1. The number of rotatable bonds is 5. The van der Waals surface area contributed by atoms with Crippen molar-refractivity contribution in [1.29, 1.82) is 0 Å². The molecule has 0 bridgehead atoms. The molecule has 2 aromatic rings. The van der Waals surface area contributed by atoms with E-state index in [1.165, 1.54) is 6.07 Å². The molecule has 0 radical (unpaired) electrons. The molecule has 0 saturated heterocycles. The zero-order valence-corrected chi connectivity index (χ0v) is 11.7. The first-order valence-electron chi connectivity index (χ1n) is 6.62. The van der Waals surface area contributed by atoms with E-state index in [9.17, 15) is 9.90 Å². The van der Waals surface area contributed by atoms with Crippen LogP contribution in [0.2, 0.25) is 0 Å². The maximum Gasteiger partial charge on any atom is 0.150 e. The van der Waals surface area contributed by atoms with Crippen LogP contribution in [0.15, 0.2) is 42.5 Å². The summed E-state index contributed by atoms with van der Waals surface area (Å²) in [6, 6.07) is 12.4. The SMILES string of the molecule is CC(C)COc1ccccc1-c1ccc(O)cc1C=O. The van der Waals surface area contributed by atoms with Gasteiger partial charge >= 0.3 is 0 Å². The molecule has 0 fully saturated rings. The van der Waals surface area contributed by atoms with E-state index in [1.807, 2.05) is 24.3 Å². The molecule has 0 spiro atoms. The summed E-state index contributed by atoms with van der Waals surface area (Å²) < 4.78 is 5.80. The van der Waals surface area contributed by atoms with Crippen LogP contribution in [0, 0.1) is 5.92 Å². The lowest BCUT2D eigenvalue weighted by Gasteiger charge is -2.14. The van der Waals surface area contributed by atoms with Crippen LogP contribution in [-0.2, 0) is 0 Å². The lowest BCUT2D eigenvalue weighted by molar-refractivity contribution is 0.112. The zero-order valence-electron chi connectivity index (χ0n) is 11.7. The largest absolute Gasteiger partial charge is 0.508 e. The van der Waals surface area contributed by atoms with E-state index in [1.54, 1.807) is 12.1 Å². The minimum atomic E-state index is 0.0800. The third-order valence-electron chi connectivity index (χ3n) is 2.91. The van der Waals surface area contributed by atoms with Gasteiger partial charge in [0.25, 0.3) is 0 Å². The number of aldehydes is 1. The summed E-state index contributed by atoms with van der Waals surface area (Å²) in [6.45, 7) is 4.78. The van der Waals surface area contributed by atoms with Crippen molar-refractivity contribution in [3.63, 3.8) is 0 Å². The first-order valence-corrected chi connectivity index (χ1v) is 6.62. The molecule has 0 heterocycles. The fraction of sp³-hybridized carbons (Fsp3) is 0.235. The van der Waals surface area contributed by atoms with Gasteiger partial charge in [-0.1, -0.05) is 32.0 Å². The third kappa shape index (κ3) is 3.18. The fourth-order valence-electron chi connectivity index (χ4n) is 1.96. The first kappa shape index (κ1) is 14.1. The van der Waals surface area contributed by atoms with E-state index in [2.05, 4.69) is 13.8 Å². The Morgan fingerprint density at radius 3 is 2.60 bits per heavy atom. The number of carbonyl (C=O) groups is 1. The minimum absolute atomic E-state index is 0.0800. The molecule has 1 N–H and O–H groups in total. The number of hydrogen-bond acceptors (Lipinski definition) is 3. The molecule has 20 heavy (non-hydrogen) atoms. The van der Waals surface area contributed by atoms with E-state index in [4.69, 9.17) is 4.74 Å². The number of carbonyl (C=O) groups excluding carboxylic acids is 1. The van der Waals surface area contributed by atoms with E-state index in [0.717, 1.165) is 23.2 Å². The minimum Gasteiger partial charge on any atom is -0.508 e. The molecular formula is C17H18O3. The molecular weight excluding hydrogens is 252 g/mol. The van der Waals surface area contributed by atoms with Crippen molar-refractivity contribution in [1.82, 2.24) is 0 Å². The average Bonchev–Trinajstić information content (AvgIpc) is 2.45. The number of phenols is 1. The standard InChI is InChI=1S/C17H18O3/c1-12(2)11-20-17-6-4-3-5-16(17)15-8-7-14(19)9-13(15)10-18/h3-10,12,19H,11H2,1-2H3. The molecule has 0 aromatic heterocycles. The predicted molar refractivity (Wildman–Crippen MR) is 79.3 cm³/mol. The van der Waals surface area contributed by atoms with Crippen LogP contribution in [0.5, 0.6) is 11.5 Å². The Balaban J connectivity index is 2.44. The molecule has 104 valence electrons. The summed E-state index contributed by atoms with van der Waals surface area (Å²) in [6.07, 6.45) is 0.744. The number of aromatic hydroxyl groups is 1. The van der Waals surface area contributed by atoms with Crippen LogP contribution in [0.25, 0.3) is 11.1 Å². The normalized spacial score (nSPS) is 10.6. The van der Waals surface area contributed by atoms with Crippen molar-refractivity contribution in [3.8, 4) is 22.6 Å². The van der Waals surface area contributed by atoms with Crippen LogP contribution in [-0.4, -0.2) is 18.0 Å². The number of benzene rings is 2. The molecule has 2 rings (SSSR count). The van der Waals surface area contributed by atoms with Gasteiger partial charge in [-0.25, -0.2) is 0 Å². The second kappa shape index (κ2) is 6.24. The van der Waals surface area contributed by atoms with Gasteiger partial charge < -0.3 is 9.84 Å². The van der Waals surface area contributed by atoms with E-state index >= 15 is 0 Å². The molecule has 0 aliphatic carbocycles. The van der Waals surface area contributed by atoms with Gasteiger partial charge in [-0.2, -0.15) is 0 Å². The Bertz CT molecular complexity index is 603. The van der Waals surface area contributed by atoms with Crippen LogP contribution in [0.4, 0.5) is 0 Å². The van der Waals surface area contributed by atoms with Crippen molar-refractivity contribution in [2.45, 2.75) is 13.8 Å². The summed E-state index contributed by atoms with van der Waals surface area (Å²) in [5.41, 5.74) is 2.07. The highest BCUT2D eigenvalue weighted by Crippen LogP contribution is 2.33. The van der Waals surface area contributed by atoms with Crippen molar-refractivity contribution >= 4 is 6.29 Å². The van der Waals surface area contributed by atoms with Crippen LogP contribution in [0.1, 0.15) is 24.2 Å². The van der Waals surface area contributed by atoms with Crippen LogP contribution >= 0.6 is 0 Å². The van der Waals surface area contributed by atoms with Crippen LogP contribution in [0.3, 0.4) is 0 Å². The summed E-state index contributed by atoms with van der Waals surface area (Å²) in [7, 11) is 0. The van der Waals surface area contributed by atoms with Crippen LogP contribution < -0.4 is 4.74 Å². The molecule has 0 unspecified atom stereocenters. The summed E-state index contributed by atoms with van der Waals surface area (Å²) in [5, 5.41) is 9.47. The first-order chi connectivity index (χ1) is 9.61. The van der Waals surface area contributed by atoms with Crippen molar-refractivity contribution < 1.29 is 14.6 Å². The van der Waals surface area contributed by atoms with Crippen molar-refractivity contribution in [3.05, 3.63) is 48.0 Å². The Morgan fingerprint density at radius 1 is 1.15 bits per heavy atom. The van der Waals surface area contributed by atoms with Gasteiger partial charge in [0.1, 0.15) is 11.5 Å². The number of ether oxygens (including phenoxy) is 1. The maximum atomic E-state index is 11.2. The van der Waals surface area contributed by atoms with Gasteiger partial charge in [0.2, 0.25) is 0 Å². The lowest BCUT2D eigenvalue weighted by atomic mass is 9.99. The predicted octanol–water partition coefficient (Wildman–Crippen LogP) is 3.91. The summed E-state index contributed by atoms with van der Waals surface area (Å²) >= 11 is 0. The Kier molecular flexibility index (Phi) is 4.41. The molecule has 3 heteroatoms. The summed E-state index contributed by atoms with van der Waals surface area (Å²) in [5.74, 6) is 1.25. The Labute approximate surface area is 118 Å². The van der Waals surface area contributed by atoms with Crippen molar-refractivity contribution in [2.24, 2.45) is 5.92 Å². The van der Waals surface area contributed by atoms with Gasteiger partial charge in [-0.05, 0) is 35.7 Å². The second-order valence-corrected chi connectivity index (χ2v) is 5.09. The highest BCUT2D eigenvalue weighted by Gasteiger charge is 2.11. The van der Waals surface area contributed by atoms with Gasteiger partial charge in [0.05, 0.1) is 6.61 Å².